The predicted molar refractivity (Wildman–Crippen MR) is 48.4 cm³/mol. The van der Waals surface area contributed by atoms with Gasteiger partial charge in [0.2, 0.25) is 0 Å². The summed E-state index contributed by atoms with van der Waals surface area (Å²) in [6.07, 6.45) is 6.18. The number of ether oxygens (including phenoxy) is 2. The van der Waals surface area contributed by atoms with Crippen LogP contribution in [0, 0.1) is 6.13 Å². The molecule has 12 heavy (non-hydrogen) atoms. The third kappa shape index (κ3) is 2.83. The zero-order chi connectivity index (χ0) is 8.97. The molecule has 0 aromatic heterocycles. The van der Waals surface area contributed by atoms with Crippen LogP contribution in [0.2, 0.25) is 0 Å². The number of hydrogen-bond donors (Lipinski definition) is 2. The number of nitrogens with one attached hydrogen (secondary N) is 1. The maximum atomic E-state index is 5.73. The number of nitrogens with two attached hydrogens (primary N) is 1. The van der Waals surface area contributed by atoms with Crippen LogP contribution in [0.25, 0.3) is 0 Å². The van der Waals surface area contributed by atoms with Crippen LogP contribution in [0.4, 0.5) is 0 Å². The normalized spacial score (nSPS) is 29.8. The van der Waals surface area contributed by atoms with Crippen molar-refractivity contribution in [2.45, 2.75) is 18.4 Å². The van der Waals surface area contributed by atoms with E-state index >= 15 is 0 Å². The van der Waals surface area contributed by atoms with Gasteiger partial charge in [-0.25, -0.2) is 0 Å². The topological polar surface area (TPSA) is 59.8 Å². The third-order valence-corrected chi connectivity index (χ3v) is 2.06. The van der Waals surface area contributed by atoms with Crippen molar-refractivity contribution in [3.63, 3.8) is 0 Å². The SMILES string of the molecule is C#[P+]CNC1OC1C(N)COC. The fourth-order valence-electron chi connectivity index (χ4n) is 1.04. The van der Waals surface area contributed by atoms with Crippen molar-refractivity contribution >= 4 is 8.04 Å². The Morgan fingerprint density at radius 2 is 2.58 bits per heavy atom. The van der Waals surface area contributed by atoms with Gasteiger partial charge in [0.1, 0.15) is 0 Å². The van der Waals surface area contributed by atoms with Gasteiger partial charge in [-0.15, -0.1) is 0 Å². The number of epoxide rings is 1. The van der Waals surface area contributed by atoms with Gasteiger partial charge in [0, 0.05) is 0 Å². The first-order chi connectivity index (χ1) is 5.79. The molecule has 1 aliphatic rings. The molecule has 0 saturated carbocycles. The van der Waals surface area contributed by atoms with Crippen LogP contribution in [0.3, 0.4) is 0 Å². The monoisotopic (exact) mass is 189 g/mol. The van der Waals surface area contributed by atoms with Gasteiger partial charge in [-0.2, -0.15) is 0 Å². The molecule has 1 rings (SSSR count). The molecule has 1 aliphatic heterocycles. The molecule has 0 bridgehead atoms. The van der Waals surface area contributed by atoms with Gasteiger partial charge >= 0.3 is 73.1 Å². The third-order valence-electron chi connectivity index (χ3n) is 1.69. The van der Waals surface area contributed by atoms with Crippen molar-refractivity contribution < 1.29 is 9.47 Å². The summed E-state index contributed by atoms with van der Waals surface area (Å²) in [5, 5.41) is 3.10. The van der Waals surface area contributed by atoms with Gasteiger partial charge in [0.05, 0.1) is 0 Å². The summed E-state index contributed by atoms with van der Waals surface area (Å²) >= 11 is 0. The molecule has 68 valence electrons. The first-order valence-electron chi connectivity index (χ1n) is 3.79. The molecule has 0 aromatic rings. The molecular formula is C7H14N2O2P+. The predicted octanol–water partition coefficient (Wildman–Crippen LogP) is -0.233. The van der Waals surface area contributed by atoms with E-state index in [1.807, 2.05) is 0 Å². The molecule has 3 atom stereocenters. The molecule has 5 heteroatoms. The standard InChI is InChI=1S/C7H14N2O2P/c1-10-3-5(8)6-7(11-6)9-4-12-2/h2,5-7,9H,3-4,8H2,1H3/q+1. The van der Waals surface area contributed by atoms with Gasteiger partial charge < -0.3 is 0 Å². The van der Waals surface area contributed by atoms with Crippen molar-refractivity contribution in [3.8, 4) is 6.13 Å². The molecule has 0 aliphatic carbocycles. The molecule has 0 spiro atoms. The quantitative estimate of drug-likeness (QED) is 0.463. The molecule has 4 nitrogen and oxygen atoms in total. The minimum absolute atomic E-state index is 0.0399. The van der Waals surface area contributed by atoms with Gasteiger partial charge in [0.15, 0.2) is 0 Å². The Kier molecular flexibility index (Phi) is 4.16. The van der Waals surface area contributed by atoms with Gasteiger partial charge in [-0.05, 0) is 0 Å². The number of rotatable bonds is 5. The van der Waals surface area contributed by atoms with Crippen LogP contribution >= 0.6 is 8.04 Å². The fraction of sp³-hybridized carbons (Fsp3) is 0.857. The molecule has 3 N–H and O–H groups in total. The molecule has 3 unspecified atom stereocenters. The number of hydrogen-bond acceptors (Lipinski definition) is 4. The molecule has 0 amide bonds. The Morgan fingerprint density at radius 3 is 3.17 bits per heavy atom. The van der Waals surface area contributed by atoms with Crippen LogP contribution in [0.15, 0.2) is 0 Å². The summed E-state index contributed by atoms with van der Waals surface area (Å²) < 4.78 is 10.2. The van der Waals surface area contributed by atoms with Gasteiger partial charge in [0.25, 0.3) is 0 Å². The Balaban J connectivity index is 2.10. The fourth-order valence-corrected chi connectivity index (χ4v) is 1.33. The van der Waals surface area contributed by atoms with E-state index in [-0.39, 0.29) is 18.4 Å². The van der Waals surface area contributed by atoms with E-state index in [4.69, 9.17) is 21.3 Å². The second kappa shape index (κ2) is 4.93. The molecule has 1 saturated heterocycles. The van der Waals surface area contributed by atoms with Crippen LogP contribution in [0.1, 0.15) is 0 Å². The zero-order valence-electron chi connectivity index (χ0n) is 7.06. The zero-order valence-corrected chi connectivity index (χ0v) is 7.96. The maximum absolute atomic E-state index is 5.73. The summed E-state index contributed by atoms with van der Waals surface area (Å²) in [5.41, 5.74) is 5.73. The number of methoxy groups -OCH3 is 1. The van der Waals surface area contributed by atoms with Crippen LogP contribution < -0.4 is 11.1 Å². The van der Waals surface area contributed by atoms with Gasteiger partial charge in [-0.1, -0.05) is 0 Å². The Hall–Kier alpha value is 0.0500. The summed E-state index contributed by atoms with van der Waals surface area (Å²) in [4.78, 5) is 0. The van der Waals surface area contributed by atoms with Crippen LogP contribution in [-0.2, 0) is 9.47 Å². The first kappa shape index (κ1) is 10.1. The molecular weight excluding hydrogens is 175 g/mol. The Labute approximate surface area is 73.9 Å². The van der Waals surface area contributed by atoms with E-state index in [2.05, 4.69) is 5.32 Å². The van der Waals surface area contributed by atoms with Crippen molar-refractivity contribution in [1.82, 2.24) is 5.32 Å². The van der Waals surface area contributed by atoms with E-state index in [0.29, 0.717) is 6.61 Å². The van der Waals surface area contributed by atoms with Crippen molar-refractivity contribution in [3.05, 3.63) is 0 Å². The van der Waals surface area contributed by atoms with Gasteiger partial charge in [-0.3, -0.25) is 0 Å². The second-order valence-corrected chi connectivity index (χ2v) is 3.37. The molecule has 0 radical (unpaired) electrons. The minimum atomic E-state index is -0.0399. The van der Waals surface area contributed by atoms with Crippen LogP contribution in [0.5, 0.6) is 0 Å². The van der Waals surface area contributed by atoms with E-state index in [9.17, 15) is 0 Å². The Bertz CT molecular complexity index is 183. The molecule has 1 fully saturated rings. The van der Waals surface area contributed by atoms with E-state index in [1.54, 1.807) is 7.11 Å². The molecule has 0 aromatic carbocycles. The second-order valence-electron chi connectivity index (χ2n) is 2.69. The van der Waals surface area contributed by atoms with Crippen LogP contribution in [-0.4, -0.2) is 38.4 Å². The molecule has 1 heterocycles. The Morgan fingerprint density at radius 1 is 1.83 bits per heavy atom. The van der Waals surface area contributed by atoms with E-state index < -0.39 is 0 Å². The van der Waals surface area contributed by atoms with E-state index in [0.717, 1.165) is 14.3 Å². The van der Waals surface area contributed by atoms with Crippen molar-refractivity contribution in [2.24, 2.45) is 5.73 Å². The first-order valence-corrected chi connectivity index (χ1v) is 4.94. The summed E-state index contributed by atoms with van der Waals surface area (Å²) in [6.45, 7) is 0.531. The average molecular weight is 189 g/mol. The average Bonchev–Trinajstić information content (AvgIpc) is 2.80. The van der Waals surface area contributed by atoms with E-state index in [1.165, 1.54) is 0 Å². The summed E-state index contributed by atoms with van der Waals surface area (Å²) in [6, 6.07) is -0.0399. The van der Waals surface area contributed by atoms with Crippen molar-refractivity contribution in [1.29, 1.82) is 0 Å². The van der Waals surface area contributed by atoms with Crippen molar-refractivity contribution in [2.75, 3.05) is 20.0 Å². The summed E-state index contributed by atoms with van der Waals surface area (Å²) in [7, 11) is 2.45. The summed E-state index contributed by atoms with van der Waals surface area (Å²) in [5.74, 6) is 0.